The second-order valence-corrected chi connectivity index (χ2v) is 3.85. The Balaban J connectivity index is 2.99. The predicted molar refractivity (Wildman–Crippen MR) is 71.8 cm³/mol. The van der Waals surface area contributed by atoms with Gasteiger partial charge < -0.3 is 23.7 Å². The molecule has 0 aromatic rings. The van der Waals surface area contributed by atoms with Crippen LogP contribution < -0.4 is 0 Å². The molecule has 0 spiro atoms. The molecule has 0 rings (SSSR count). The van der Waals surface area contributed by atoms with Crippen molar-refractivity contribution >= 4 is 5.97 Å². The van der Waals surface area contributed by atoms with Crippen molar-refractivity contribution in [2.75, 3.05) is 66.0 Å². The zero-order chi connectivity index (χ0) is 15.8. The number of ether oxygens (including phenoxy) is 5. The van der Waals surface area contributed by atoms with Crippen LogP contribution in [0.5, 0.6) is 0 Å². The summed E-state index contributed by atoms with van der Waals surface area (Å²) in [5.41, 5.74) is 0. The van der Waals surface area contributed by atoms with E-state index in [0.29, 0.717) is 46.2 Å². The van der Waals surface area contributed by atoms with E-state index in [9.17, 15) is 14.9 Å². The third-order valence-corrected chi connectivity index (χ3v) is 2.07. The fourth-order valence-electron chi connectivity index (χ4n) is 1.15. The molecule has 0 aliphatic carbocycles. The summed E-state index contributed by atoms with van der Waals surface area (Å²) in [6.45, 7) is 4.25. The van der Waals surface area contributed by atoms with Crippen molar-refractivity contribution < 1.29 is 33.4 Å². The van der Waals surface area contributed by atoms with Gasteiger partial charge in [0.05, 0.1) is 46.2 Å². The molecule has 21 heavy (non-hydrogen) atoms. The van der Waals surface area contributed by atoms with Crippen LogP contribution >= 0.6 is 0 Å². The summed E-state index contributed by atoms with van der Waals surface area (Å²) in [5.74, 6) is -0.325. The van der Waals surface area contributed by atoms with Gasteiger partial charge in [-0.2, -0.15) is 0 Å². The summed E-state index contributed by atoms with van der Waals surface area (Å²) in [7, 11) is 0. The lowest BCUT2D eigenvalue weighted by atomic mass is 10.6. The van der Waals surface area contributed by atoms with Gasteiger partial charge in [0.15, 0.2) is 0 Å². The number of carbonyl (C=O) groups excluding carboxylic acids is 1. The Labute approximate surface area is 123 Å². The van der Waals surface area contributed by atoms with E-state index >= 15 is 0 Å². The predicted octanol–water partition coefficient (Wildman–Crippen LogP) is -0.107. The van der Waals surface area contributed by atoms with Crippen molar-refractivity contribution in [3.63, 3.8) is 0 Å². The highest BCUT2D eigenvalue weighted by Crippen LogP contribution is 1.84. The Morgan fingerprint density at radius 3 is 1.57 bits per heavy atom. The van der Waals surface area contributed by atoms with Gasteiger partial charge in [-0.25, -0.2) is 0 Å². The molecule has 124 valence electrons. The molecule has 0 aromatic heterocycles. The van der Waals surface area contributed by atoms with E-state index in [-0.39, 0.29) is 25.7 Å². The number of nitro groups is 1. The number of hydrogen-bond acceptors (Lipinski definition) is 8. The van der Waals surface area contributed by atoms with Crippen LogP contribution in [0.25, 0.3) is 0 Å². The minimum atomic E-state index is -0.428. The molecule has 9 heteroatoms. The number of nitrogens with zero attached hydrogens (tertiary/aromatic N) is 1. The van der Waals surface area contributed by atoms with Crippen LogP contribution in [0.4, 0.5) is 0 Å². The third-order valence-electron chi connectivity index (χ3n) is 2.07. The van der Waals surface area contributed by atoms with Crippen LogP contribution in [0.3, 0.4) is 0 Å². The van der Waals surface area contributed by atoms with Crippen molar-refractivity contribution in [3.05, 3.63) is 10.1 Å². The summed E-state index contributed by atoms with van der Waals surface area (Å²) in [6.07, 6.45) is 0. The molecule has 0 saturated heterocycles. The van der Waals surface area contributed by atoms with Gasteiger partial charge in [0.2, 0.25) is 6.54 Å². The molecule has 0 radical (unpaired) electrons. The van der Waals surface area contributed by atoms with E-state index < -0.39 is 4.92 Å². The second kappa shape index (κ2) is 15.1. The zero-order valence-corrected chi connectivity index (χ0v) is 12.3. The average Bonchev–Trinajstić information content (AvgIpc) is 2.42. The van der Waals surface area contributed by atoms with Gasteiger partial charge in [0.1, 0.15) is 13.2 Å². The maximum absolute atomic E-state index is 10.4. The Morgan fingerprint density at radius 1 is 0.810 bits per heavy atom. The van der Waals surface area contributed by atoms with Gasteiger partial charge in [-0.15, -0.1) is 0 Å². The first-order valence-electron chi connectivity index (χ1n) is 6.69. The first-order valence-corrected chi connectivity index (χ1v) is 6.69. The van der Waals surface area contributed by atoms with Crippen molar-refractivity contribution in [2.24, 2.45) is 0 Å². The first-order chi connectivity index (χ1) is 10.1. The lowest BCUT2D eigenvalue weighted by Gasteiger charge is -2.07. The van der Waals surface area contributed by atoms with E-state index in [2.05, 4.69) is 4.74 Å². The monoisotopic (exact) mass is 309 g/mol. The van der Waals surface area contributed by atoms with E-state index in [1.807, 2.05) is 0 Å². The largest absolute Gasteiger partial charge is 0.463 e. The smallest absolute Gasteiger partial charge is 0.302 e. The van der Waals surface area contributed by atoms with E-state index in [4.69, 9.17) is 18.9 Å². The van der Waals surface area contributed by atoms with Crippen molar-refractivity contribution in [1.29, 1.82) is 0 Å². The normalized spacial score (nSPS) is 10.5. The maximum Gasteiger partial charge on any atom is 0.302 e. The molecule has 0 heterocycles. The number of rotatable bonds is 15. The van der Waals surface area contributed by atoms with Crippen LogP contribution in [0.1, 0.15) is 6.92 Å². The van der Waals surface area contributed by atoms with Crippen LogP contribution in [0.2, 0.25) is 0 Å². The number of esters is 1. The lowest BCUT2D eigenvalue weighted by Crippen LogP contribution is -2.15. The molecule has 0 fully saturated rings. The van der Waals surface area contributed by atoms with Crippen molar-refractivity contribution in [2.45, 2.75) is 6.92 Å². The van der Waals surface area contributed by atoms with Crippen molar-refractivity contribution in [3.8, 4) is 0 Å². The summed E-state index contributed by atoms with van der Waals surface area (Å²) in [5, 5.41) is 9.99. The van der Waals surface area contributed by atoms with Crippen molar-refractivity contribution in [1.82, 2.24) is 0 Å². The second-order valence-electron chi connectivity index (χ2n) is 3.85. The summed E-state index contributed by atoms with van der Waals surface area (Å²) < 4.78 is 25.2. The standard InChI is InChI=1S/C12H23NO8/c1-12(14)21-11-10-20-9-8-19-7-6-18-5-4-17-3-2-13(15)16/h2-11H2,1H3. The lowest BCUT2D eigenvalue weighted by molar-refractivity contribution is -0.483. The molecule has 0 unspecified atom stereocenters. The zero-order valence-electron chi connectivity index (χ0n) is 12.3. The summed E-state index contributed by atoms with van der Waals surface area (Å²) in [6, 6.07) is 0. The Kier molecular flexibility index (Phi) is 14.2. The van der Waals surface area contributed by atoms with Crippen LogP contribution in [0, 0.1) is 10.1 Å². The van der Waals surface area contributed by atoms with Gasteiger partial charge in [0.25, 0.3) is 0 Å². The average molecular weight is 309 g/mol. The molecule has 0 atom stereocenters. The van der Waals surface area contributed by atoms with Crippen LogP contribution in [-0.2, 0) is 28.5 Å². The Hall–Kier alpha value is -1.29. The number of hydrogen-bond donors (Lipinski definition) is 0. The molecular formula is C12H23NO8. The molecule has 0 saturated carbocycles. The molecule has 0 N–H and O–H groups in total. The fraction of sp³-hybridized carbons (Fsp3) is 0.917. The van der Waals surface area contributed by atoms with E-state index in [1.165, 1.54) is 6.92 Å². The molecule has 0 amide bonds. The maximum atomic E-state index is 10.4. The van der Waals surface area contributed by atoms with Gasteiger partial charge >= 0.3 is 5.97 Å². The Morgan fingerprint density at radius 2 is 1.19 bits per heavy atom. The Bertz CT molecular complexity index is 248. The summed E-state index contributed by atoms with van der Waals surface area (Å²) in [4.78, 5) is 20.0. The summed E-state index contributed by atoms with van der Waals surface area (Å²) >= 11 is 0. The van der Waals surface area contributed by atoms with Gasteiger partial charge in [-0.1, -0.05) is 0 Å². The molecule has 0 aliphatic heterocycles. The topological polar surface area (TPSA) is 106 Å². The minimum absolute atomic E-state index is 0.0948. The molecule has 0 aliphatic rings. The fourth-order valence-corrected chi connectivity index (χ4v) is 1.15. The SMILES string of the molecule is CC(=O)OCCOCCOCCOCCOCC[N+](=O)[O-]. The molecule has 9 nitrogen and oxygen atoms in total. The molecule has 0 bridgehead atoms. The van der Waals surface area contributed by atoms with E-state index in [1.54, 1.807) is 0 Å². The number of carbonyl (C=O) groups is 1. The first kappa shape index (κ1) is 19.7. The van der Waals surface area contributed by atoms with Gasteiger partial charge in [-0.05, 0) is 0 Å². The third kappa shape index (κ3) is 18.7. The van der Waals surface area contributed by atoms with Gasteiger partial charge in [-0.3, -0.25) is 14.9 Å². The van der Waals surface area contributed by atoms with Crippen LogP contribution in [0.15, 0.2) is 0 Å². The highest BCUT2D eigenvalue weighted by molar-refractivity contribution is 5.65. The minimum Gasteiger partial charge on any atom is -0.463 e. The highest BCUT2D eigenvalue weighted by Gasteiger charge is 1.97. The molecular weight excluding hydrogens is 286 g/mol. The van der Waals surface area contributed by atoms with E-state index in [0.717, 1.165) is 0 Å². The quantitative estimate of drug-likeness (QED) is 0.178. The highest BCUT2D eigenvalue weighted by atomic mass is 16.6. The van der Waals surface area contributed by atoms with Crippen LogP contribution in [-0.4, -0.2) is 76.9 Å². The molecule has 0 aromatic carbocycles. The van der Waals surface area contributed by atoms with Gasteiger partial charge in [0, 0.05) is 11.8 Å².